The fraction of sp³-hybridized carbons (Fsp3) is 0.185. The number of aliphatic carboxylic acids is 1. The summed E-state index contributed by atoms with van der Waals surface area (Å²) in [6.07, 6.45) is 1.82. The number of nitrogens with one attached hydrogen (secondary N) is 4. The van der Waals surface area contributed by atoms with E-state index in [1.807, 2.05) is 5.32 Å². The second-order valence-electron chi connectivity index (χ2n) is 8.80. The lowest BCUT2D eigenvalue weighted by atomic mass is 10.0. The monoisotopic (exact) mass is 538 g/mol. The van der Waals surface area contributed by atoms with Crippen LogP contribution >= 0.6 is 0 Å². The van der Waals surface area contributed by atoms with Gasteiger partial charge in [-0.1, -0.05) is 0 Å². The summed E-state index contributed by atoms with van der Waals surface area (Å²) in [6, 6.07) is 4.62. The van der Waals surface area contributed by atoms with Gasteiger partial charge in [0.2, 0.25) is 0 Å². The number of rotatable bonds is 7. The topological polar surface area (TPSA) is 150 Å². The molecule has 1 aromatic heterocycles. The van der Waals surface area contributed by atoms with Crippen molar-refractivity contribution in [2.24, 2.45) is 0 Å². The van der Waals surface area contributed by atoms with E-state index in [9.17, 15) is 28.0 Å². The van der Waals surface area contributed by atoms with Crippen LogP contribution in [-0.4, -0.2) is 41.0 Å². The molecule has 4 amide bonds. The summed E-state index contributed by atoms with van der Waals surface area (Å²) in [5, 5.41) is 15.7. The van der Waals surface area contributed by atoms with E-state index in [4.69, 9.17) is 9.84 Å². The molecule has 2 heterocycles. The molecule has 0 unspecified atom stereocenters. The van der Waals surface area contributed by atoms with Gasteiger partial charge in [0, 0.05) is 29.4 Å². The number of carbonyl (C=O) groups excluding carboxylic acids is 3. The summed E-state index contributed by atoms with van der Waals surface area (Å²) >= 11 is 0. The third-order valence-corrected chi connectivity index (χ3v) is 6.30. The molecule has 0 bridgehead atoms. The number of hydrogen-bond donors (Lipinski definition) is 5. The molecule has 0 saturated carbocycles. The summed E-state index contributed by atoms with van der Waals surface area (Å²) in [5.74, 6) is -4.08. The number of anilines is 2. The lowest BCUT2D eigenvalue weighted by Crippen LogP contribution is -2.35. The summed E-state index contributed by atoms with van der Waals surface area (Å²) < 4.78 is 33.9. The quantitative estimate of drug-likeness (QED) is 0.282. The molecule has 4 rings (SSSR count). The Morgan fingerprint density at radius 2 is 1.85 bits per heavy atom. The van der Waals surface area contributed by atoms with Crippen molar-refractivity contribution >= 4 is 46.8 Å². The lowest BCUT2D eigenvalue weighted by Gasteiger charge is -2.10. The Hall–Kier alpha value is -5.00. The number of hydrogen-bond acceptors (Lipinski definition) is 5. The van der Waals surface area contributed by atoms with Gasteiger partial charge in [-0.3, -0.25) is 19.7 Å². The van der Waals surface area contributed by atoms with Crippen molar-refractivity contribution in [3.63, 3.8) is 0 Å². The van der Waals surface area contributed by atoms with Gasteiger partial charge >= 0.3 is 12.0 Å². The van der Waals surface area contributed by atoms with Crippen molar-refractivity contribution in [3.05, 3.63) is 75.6 Å². The Kier molecular flexibility index (Phi) is 7.47. The molecular weight excluding hydrogens is 514 g/mol. The van der Waals surface area contributed by atoms with Gasteiger partial charge in [0.1, 0.15) is 17.4 Å². The van der Waals surface area contributed by atoms with Crippen LogP contribution in [0.5, 0.6) is 5.75 Å². The van der Waals surface area contributed by atoms with E-state index in [1.165, 1.54) is 19.2 Å². The minimum absolute atomic E-state index is 0.0476. The van der Waals surface area contributed by atoms with Crippen LogP contribution in [0, 0.1) is 25.5 Å². The number of fused-ring (bicyclic) bond motifs is 1. The summed E-state index contributed by atoms with van der Waals surface area (Å²) in [7, 11) is 1.33. The number of carboxylic acid groups (broad SMARTS) is 1. The van der Waals surface area contributed by atoms with Crippen LogP contribution in [0.25, 0.3) is 11.6 Å². The van der Waals surface area contributed by atoms with Crippen molar-refractivity contribution in [2.45, 2.75) is 26.7 Å². The molecule has 2 aromatic carbocycles. The first-order valence-electron chi connectivity index (χ1n) is 11.7. The lowest BCUT2D eigenvalue weighted by molar-refractivity contribution is -0.137. The predicted octanol–water partition coefficient (Wildman–Crippen LogP) is 4.39. The van der Waals surface area contributed by atoms with E-state index >= 15 is 0 Å². The Morgan fingerprint density at radius 1 is 1.10 bits per heavy atom. The summed E-state index contributed by atoms with van der Waals surface area (Å²) in [5.41, 5.74) is 2.85. The van der Waals surface area contributed by atoms with Gasteiger partial charge in [0.15, 0.2) is 0 Å². The van der Waals surface area contributed by atoms with Crippen molar-refractivity contribution in [1.29, 1.82) is 0 Å². The van der Waals surface area contributed by atoms with E-state index in [1.54, 1.807) is 19.9 Å². The maximum Gasteiger partial charge on any atom is 0.326 e. The minimum atomic E-state index is -1.11. The Morgan fingerprint density at radius 3 is 2.51 bits per heavy atom. The maximum absolute atomic E-state index is 14.9. The number of carbonyl (C=O) groups is 4. The van der Waals surface area contributed by atoms with Gasteiger partial charge in [0.05, 0.1) is 29.6 Å². The zero-order valence-corrected chi connectivity index (χ0v) is 21.1. The van der Waals surface area contributed by atoms with Crippen molar-refractivity contribution < 1.29 is 37.8 Å². The number of methoxy groups -OCH3 is 1. The minimum Gasteiger partial charge on any atom is -0.497 e. The number of H-pyrrole nitrogens is 1. The van der Waals surface area contributed by atoms with E-state index < -0.39 is 41.0 Å². The largest absolute Gasteiger partial charge is 0.497 e. The molecule has 5 N–H and O–H groups in total. The molecule has 0 atom stereocenters. The van der Waals surface area contributed by atoms with Crippen molar-refractivity contribution in [3.8, 4) is 5.75 Å². The second kappa shape index (κ2) is 10.8. The Labute approximate surface area is 221 Å². The number of carboxylic acids is 1. The molecule has 39 heavy (non-hydrogen) atoms. The molecular formula is C27H24F2N4O6. The van der Waals surface area contributed by atoms with Gasteiger partial charge in [0.25, 0.3) is 11.8 Å². The van der Waals surface area contributed by atoms with Gasteiger partial charge in [-0.15, -0.1) is 0 Å². The average Bonchev–Trinajstić information content (AvgIpc) is 3.31. The predicted molar refractivity (Wildman–Crippen MR) is 139 cm³/mol. The highest BCUT2D eigenvalue weighted by atomic mass is 19.1. The third-order valence-electron chi connectivity index (χ3n) is 6.30. The van der Waals surface area contributed by atoms with Gasteiger partial charge in [-0.25, -0.2) is 13.6 Å². The van der Waals surface area contributed by atoms with Crippen LogP contribution in [0.15, 0.2) is 30.3 Å². The number of ether oxygens (including phenoxy) is 1. The fourth-order valence-corrected chi connectivity index (χ4v) is 4.29. The number of imide groups is 1. The highest BCUT2D eigenvalue weighted by molar-refractivity contribution is 6.35. The molecule has 0 spiro atoms. The van der Waals surface area contributed by atoms with E-state index in [2.05, 4.69) is 15.6 Å². The van der Waals surface area contributed by atoms with Crippen molar-refractivity contribution in [1.82, 2.24) is 10.3 Å². The van der Waals surface area contributed by atoms with Gasteiger partial charge in [-0.2, -0.15) is 0 Å². The van der Waals surface area contributed by atoms with Crippen LogP contribution in [0.4, 0.5) is 25.0 Å². The fourth-order valence-electron chi connectivity index (χ4n) is 4.29. The SMILES string of the molecule is COc1ccc(C(=O)NC(=O)Nc2cc3c(cc2F)C(=Cc2[nH]c(C)c(CCC(=O)O)c2C)C(=O)N3)c(F)c1. The number of aromatic nitrogens is 1. The first-order chi connectivity index (χ1) is 18.5. The van der Waals surface area contributed by atoms with Crippen LogP contribution < -0.4 is 20.7 Å². The highest BCUT2D eigenvalue weighted by Crippen LogP contribution is 2.37. The van der Waals surface area contributed by atoms with Crippen LogP contribution in [0.2, 0.25) is 0 Å². The summed E-state index contributed by atoms with van der Waals surface area (Å²) in [4.78, 5) is 51.4. The molecule has 202 valence electrons. The van der Waals surface area contributed by atoms with E-state index in [0.29, 0.717) is 12.1 Å². The number of aromatic amines is 1. The van der Waals surface area contributed by atoms with E-state index in [-0.39, 0.29) is 34.7 Å². The van der Waals surface area contributed by atoms with Crippen molar-refractivity contribution in [2.75, 3.05) is 17.7 Å². The molecule has 3 aromatic rings. The molecule has 1 aliphatic heterocycles. The Balaban J connectivity index is 1.53. The molecule has 0 aliphatic carbocycles. The normalized spacial score (nSPS) is 13.2. The van der Waals surface area contributed by atoms with Gasteiger partial charge in [-0.05, 0) is 61.7 Å². The van der Waals surface area contributed by atoms with Crippen LogP contribution in [0.1, 0.15) is 44.9 Å². The Bertz CT molecular complexity index is 1560. The number of halogens is 2. The average molecular weight is 539 g/mol. The smallest absolute Gasteiger partial charge is 0.326 e. The van der Waals surface area contributed by atoms with Crippen LogP contribution in [-0.2, 0) is 16.0 Å². The van der Waals surface area contributed by atoms with Crippen LogP contribution in [0.3, 0.4) is 0 Å². The number of urea groups is 1. The van der Waals surface area contributed by atoms with E-state index in [0.717, 1.165) is 35.0 Å². The third kappa shape index (κ3) is 5.64. The first-order valence-corrected chi connectivity index (χ1v) is 11.7. The molecule has 1 aliphatic rings. The zero-order chi connectivity index (χ0) is 28.4. The maximum atomic E-state index is 14.9. The molecule has 10 nitrogen and oxygen atoms in total. The summed E-state index contributed by atoms with van der Waals surface area (Å²) in [6.45, 7) is 3.59. The second-order valence-corrected chi connectivity index (χ2v) is 8.80. The highest BCUT2D eigenvalue weighted by Gasteiger charge is 2.27. The standard InChI is InChI=1S/C27H24F2N4O6/c1-12-15(6-7-24(34)35)13(2)30-21(12)10-18-17-9-20(29)23(11-22(17)31-26(18)37)32-27(38)33-25(36)16-5-4-14(39-3)8-19(16)28/h4-5,8-11,30H,6-7H2,1-3H3,(H,31,37)(H,34,35)(H2,32,33,36,38). The number of amides is 4. The molecule has 0 saturated heterocycles. The number of benzene rings is 2. The first kappa shape index (κ1) is 27.0. The number of aryl methyl sites for hydroxylation is 1. The molecule has 12 heteroatoms. The zero-order valence-electron chi connectivity index (χ0n) is 21.1. The molecule has 0 fully saturated rings. The molecule has 0 radical (unpaired) electrons. The van der Waals surface area contributed by atoms with Gasteiger partial charge < -0.3 is 25.5 Å².